The fourth-order valence-electron chi connectivity index (χ4n) is 4.28. The molecule has 1 aromatic rings. The van der Waals surface area contributed by atoms with Gasteiger partial charge in [-0.3, -0.25) is 4.79 Å². The number of hydrogen-bond acceptors (Lipinski definition) is 3. The standard InChI is InChI=1S/C17H16Cl2N2O2/c18-11-7-13-14(8-12(11)19)23-6-5-21(13)15(22)17(10-20)9-16(17)3-1-2-4-16/h7-8H,1-6,9H2/t17-/m1/s1. The van der Waals surface area contributed by atoms with Gasteiger partial charge in [-0.25, -0.2) is 0 Å². The maximum atomic E-state index is 13.2. The summed E-state index contributed by atoms with van der Waals surface area (Å²) in [7, 11) is 0. The molecule has 3 aliphatic rings. The maximum Gasteiger partial charge on any atom is 0.248 e. The van der Waals surface area contributed by atoms with Crippen molar-refractivity contribution in [2.45, 2.75) is 32.1 Å². The van der Waals surface area contributed by atoms with Gasteiger partial charge in [0.1, 0.15) is 17.8 Å². The van der Waals surface area contributed by atoms with Crippen LogP contribution in [0, 0.1) is 22.2 Å². The average Bonchev–Trinajstić information content (AvgIpc) is 2.93. The Balaban J connectivity index is 1.72. The summed E-state index contributed by atoms with van der Waals surface area (Å²) in [6, 6.07) is 5.64. The van der Waals surface area contributed by atoms with Crippen LogP contribution in [0.2, 0.25) is 10.0 Å². The molecule has 2 fully saturated rings. The summed E-state index contributed by atoms with van der Waals surface area (Å²) in [5.41, 5.74) is -0.358. The van der Waals surface area contributed by atoms with Gasteiger partial charge in [0.25, 0.3) is 0 Å². The molecule has 1 aromatic carbocycles. The van der Waals surface area contributed by atoms with E-state index in [1.807, 2.05) is 0 Å². The molecular formula is C17H16Cl2N2O2. The molecule has 6 heteroatoms. The van der Waals surface area contributed by atoms with Crippen LogP contribution >= 0.6 is 23.2 Å². The number of halogens is 2. The van der Waals surface area contributed by atoms with Gasteiger partial charge in [0.15, 0.2) is 0 Å². The van der Waals surface area contributed by atoms with E-state index in [0.29, 0.717) is 41.1 Å². The number of amides is 1. The number of nitriles is 1. The van der Waals surface area contributed by atoms with Crippen molar-refractivity contribution >= 4 is 34.8 Å². The summed E-state index contributed by atoms with van der Waals surface area (Å²) >= 11 is 12.1. The molecule has 0 N–H and O–H groups in total. The molecule has 23 heavy (non-hydrogen) atoms. The van der Waals surface area contributed by atoms with Gasteiger partial charge >= 0.3 is 0 Å². The van der Waals surface area contributed by atoms with Crippen LogP contribution in [0.1, 0.15) is 32.1 Å². The second-order valence-electron chi connectivity index (χ2n) is 6.72. The highest BCUT2D eigenvalue weighted by Crippen LogP contribution is 2.72. The highest BCUT2D eigenvalue weighted by atomic mass is 35.5. The molecule has 1 aliphatic heterocycles. The second kappa shape index (κ2) is 5.03. The zero-order valence-corrected chi connectivity index (χ0v) is 14.1. The number of carbonyl (C=O) groups excluding carboxylic acids is 1. The highest BCUT2D eigenvalue weighted by molar-refractivity contribution is 6.42. The number of fused-ring (bicyclic) bond motifs is 1. The Morgan fingerprint density at radius 3 is 2.65 bits per heavy atom. The third kappa shape index (κ3) is 2.00. The van der Waals surface area contributed by atoms with Crippen molar-refractivity contribution in [1.82, 2.24) is 0 Å². The lowest BCUT2D eigenvalue weighted by Gasteiger charge is -2.32. The molecule has 0 unspecified atom stereocenters. The fraction of sp³-hybridized carbons (Fsp3) is 0.529. The Labute approximate surface area is 144 Å². The predicted molar refractivity (Wildman–Crippen MR) is 87.9 cm³/mol. The van der Waals surface area contributed by atoms with Gasteiger partial charge in [0.2, 0.25) is 5.91 Å². The molecule has 0 saturated heterocycles. The number of carbonyl (C=O) groups is 1. The molecular weight excluding hydrogens is 335 g/mol. The first-order valence-corrected chi connectivity index (χ1v) is 8.64. The first-order valence-electron chi connectivity index (χ1n) is 7.88. The Kier molecular flexibility index (Phi) is 3.30. The number of ether oxygens (including phenoxy) is 1. The van der Waals surface area contributed by atoms with Crippen molar-refractivity contribution in [2.24, 2.45) is 10.8 Å². The minimum atomic E-state index is -0.871. The second-order valence-corrected chi connectivity index (χ2v) is 7.54. The minimum absolute atomic E-state index is 0.104. The fourth-order valence-corrected chi connectivity index (χ4v) is 4.59. The van der Waals surface area contributed by atoms with E-state index in [4.69, 9.17) is 27.9 Å². The molecule has 4 rings (SSSR count). The van der Waals surface area contributed by atoms with Gasteiger partial charge in [-0.1, -0.05) is 36.0 Å². The van der Waals surface area contributed by atoms with Crippen LogP contribution in [-0.2, 0) is 4.79 Å². The van der Waals surface area contributed by atoms with E-state index in [0.717, 1.165) is 25.7 Å². The van der Waals surface area contributed by atoms with E-state index in [2.05, 4.69) is 6.07 Å². The Bertz CT molecular complexity index is 737. The predicted octanol–water partition coefficient (Wildman–Crippen LogP) is 4.19. The third-order valence-electron chi connectivity index (χ3n) is 5.61. The van der Waals surface area contributed by atoms with Crippen molar-refractivity contribution in [1.29, 1.82) is 5.26 Å². The van der Waals surface area contributed by atoms with E-state index in [9.17, 15) is 10.1 Å². The smallest absolute Gasteiger partial charge is 0.248 e. The quantitative estimate of drug-likeness (QED) is 0.762. The SMILES string of the molecule is N#C[C@@]1(C(=O)N2CCOc3cc(Cl)c(Cl)cc32)CC12CCCC2. The molecule has 1 heterocycles. The molecule has 0 bridgehead atoms. The molecule has 0 aromatic heterocycles. The van der Waals surface area contributed by atoms with Crippen molar-refractivity contribution < 1.29 is 9.53 Å². The maximum absolute atomic E-state index is 13.2. The molecule has 120 valence electrons. The summed E-state index contributed by atoms with van der Waals surface area (Å²) in [5, 5.41) is 10.5. The Hall–Kier alpha value is -1.44. The zero-order valence-electron chi connectivity index (χ0n) is 12.6. The van der Waals surface area contributed by atoms with Crippen molar-refractivity contribution in [3.63, 3.8) is 0 Å². The zero-order chi connectivity index (χ0) is 16.2. The van der Waals surface area contributed by atoms with E-state index in [1.165, 1.54) is 0 Å². The number of anilines is 1. The number of hydrogen-bond donors (Lipinski definition) is 0. The Morgan fingerprint density at radius 2 is 1.96 bits per heavy atom. The molecule has 1 amide bonds. The number of benzene rings is 1. The molecule has 0 radical (unpaired) electrons. The van der Waals surface area contributed by atoms with E-state index >= 15 is 0 Å². The lowest BCUT2D eigenvalue weighted by molar-refractivity contribution is -0.123. The summed E-state index contributed by atoms with van der Waals surface area (Å²) in [5.74, 6) is 0.443. The van der Waals surface area contributed by atoms with Crippen LogP contribution in [0.5, 0.6) is 5.75 Å². The van der Waals surface area contributed by atoms with Crippen LogP contribution in [-0.4, -0.2) is 19.1 Å². The lowest BCUT2D eigenvalue weighted by atomic mass is 9.90. The van der Waals surface area contributed by atoms with Gasteiger partial charge in [-0.05, 0) is 25.3 Å². The minimum Gasteiger partial charge on any atom is -0.489 e. The summed E-state index contributed by atoms with van der Waals surface area (Å²) in [6.07, 6.45) is 4.86. The van der Waals surface area contributed by atoms with Gasteiger partial charge in [-0.15, -0.1) is 0 Å². The molecule has 2 aliphatic carbocycles. The first kappa shape index (κ1) is 15.1. The van der Waals surface area contributed by atoms with Gasteiger partial charge < -0.3 is 9.64 Å². The summed E-state index contributed by atoms with van der Waals surface area (Å²) < 4.78 is 5.60. The normalized spacial score (nSPS) is 27.3. The number of rotatable bonds is 1. The van der Waals surface area contributed by atoms with Crippen molar-refractivity contribution in [3.05, 3.63) is 22.2 Å². The highest BCUT2D eigenvalue weighted by Gasteiger charge is 2.73. The lowest BCUT2D eigenvalue weighted by Crippen LogP contribution is -2.43. The van der Waals surface area contributed by atoms with E-state index in [1.54, 1.807) is 17.0 Å². The summed E-state index contributed by atoms with van der Waals surface area (Å²) in [6.45, 7) is 0.828. The van der Waals surface area contributed by atoms with Crippen molar-refractivity contribution in [2.75, 3.05) is 18.1 Å². The topological polar surface area (TPSA) is 53.3 Å². The summed E-state index contributed by atoms with van der Waals surface area (Å²) in [4.78, 5) is 14.9. The monoisotopic (exact) mass is 350 g/mol. The molecule has 1 atom stereocenters. The largest absolute Gasteiger partial charge is 0.489 e. The van der Waals surface area contributed by atoms with Crippen LogP contribution in [0.15, 0.2) is 12.1 Å². The van der Waals surface area contributed by atoms with Crippen molar-refractivity contribution in [3.8, 4) is 11.8 Å². The van der Waals surface area contributed by atoms with Crippen LogP contribution in [0.25, 0.3) is 0 Å². The molecule has 1 spiro atoms. The average molecular weight is 351 g/mol. The van der Waals surface area contributed by atoms with E-state index in [-0.39, 0.29) is 11.3 Å². The van der Waals surface area contributed by atoms with E-state index < -0.39 is 5.41 Å². The van der Waals surface area contributed by atoms with Crippen LogP contribution in [0.4, 0.5) is 5.69 Å². The molecule has 4 nitrogen and oxygen atoms in total. The molecule has 2 saturated carbocycles. The van der Waals surface area contributed by atoms with Crippen LogP contribution in [0.3, 0.4) is 0 Å². The van der Waals surface area contributed by atoms with Gasteiger partial charge in [0, 0.05) is 11.5 Å². The Morgan fingerprint density at radius 1 is 1.26 bits per heavy atom. The third-order valence-corrected chi connectivity index (χ3v) is 6.33. The van der Waals surface area contributed by atoms with Gasteiger partial charge in [-0.2, -0.15) is 5.26 Å². The van der Waals surface area contributed by atoms with Gasteiger partial charge in [0.05, 0.1) is 28.3 Å². The number of nitrogens with zero attached hydrogens (tertiary/aromatic N) is 2. The first-order chi connectivity index (χ1) is 11.0. The van der Waals surface area contributed by atoms with Crippen LogP contribution < -0.4 is 9.64 Å².